The van der Waals surface area contributed by atoms with E-state index in [9.17, 15) is 0 Å². The lowest BCUT2D eigenvalue weighted by Gasteiger charge is -2.13. The maximum absolute atomic E-state index is 2.51. The predicted molar refractivity (Wildman–Crippen MR) is 250 cm³/mol. The van der Waals surface area contributed by atoms with Crippen LogP contribution in [0.3, 0.4) is 0 Å². The van der Waals surface area contributed by atoms with E-state index in [1.54, 1.807) is 0 Å². The molecule has 0 fully saturated rings. The number of hydrogen-bond donors (Lipinski definition) is 0. The summed E-state index contributed by atoms with van der Waals surface area (Å²) in [5, 5.41) is 15.6. The van der Waals surface area contributed by atoms with Crippen LogP contribution >= 0.6 is 22.7 Å². The van der Waals surface area contributed by atoms with Crippen molar-refractivity contribution in [2.45, 2.75) is 0 Å². The molecule has 0 aliphatic heterocycles. The van der Waals surface area contributed by atoms with Crippen molar-refractivity contribution in [3.8, 4) is 27.9 Å². The standard InChI is InChI=1S/C54H31NS2/c1-2-14-36-34(12-1)35-13-3-4-15-37(35)43-30-32(26-28-38(36)43)33-27-29-46-44(31-33)39-16-5-7-20-45(39)55(46)47-21-11-25-51-54(47)53-41(19-10-24-50(53)57-51)40-18-9-23-49-52(40)42-17-6-8-22-48(42)56-49/h1-31H. The van der Waals surface area contributed by atoms with E-state index < -0.39 is 0 Å². The molecule has 1 nitrogen and oxygen atoms in total. The molecular weight excluding hydrogens is 727 g/mol. The van der Waals surface area contributed by atoms with Gasteiger partial charge in [-0.2, -0.15) is 0 Å². The summed E-state index contributed by atoms with van der Waals surface area (Å²) in [4.78, 5) is 0. The van der Waals surface area contributed by atoms with Gasteiger partial charge in [-0.25, -0.2) is 0 Å². The van der Waals surface area contributed by atoms with Crippen molar-refractivity contribution in [3.63, 3.8) is 0 Å². The number of para-hydroxylation sites is 1. The quantitative estimate of drug-likeness (QED) is 0.158. The molecule has 0 saturated carbocycles. The Morgan fingerprint density at radius 1 is 0.281 bits per heavy atom. The largest absolute Gasteiger partial charge is 0.309 e. The average molecular weight is 758 g/mol. The highest BCUT2D eigenvalue weighted by atomic mass is 32.1. The lowest BCUT2D eigenvalue weighted by Crippen LogP contribution is -1.95. The molecule has 3 heterocycles. The van der Waals surface area contributed by atoms with Gasteiger partial charge in [0.05, 0.1) is 16.7 Å². The van der Waals surface area contributed by atoms with Gasteiger partial charge < -0.3 is 4.57 Å². The number of hydrogen-bond acceptors (Lipinski definition) is 2. The number of aromatic nitrogens is 1. The molecule has 0 atom stereocenters. The van der Waals surface area contributed by atoms with Crippen molar-refractivity contribution in [2.75, 3.05) is 0 Å². The zero-order valence-corrected chi connectivity index (χ0v) is 32.3. The third-order valence-electron chi connectivity index (χ3n) is 12.2. The van der Waals surface area contributed by atoms with Crippen LogP contribution in [0.15, 0.2) is 188 Å². The summed E-state index contributed by atoms with van der Waals surface area (Å²) < 4.78 is 7.79. The molecule has 3 aromatic heterocycles. The van der Waals surface area contributed by atoms with Crippen LogP contribution in [-0.2, 0) is 0 Å². The van der Waals surface area contributed by atoms with Crippen molar-refractivity contribution >= 4 is 117 Å². The molecule has 0 spiro atoms. The van der Waals surface area contributed by atoms with E-state index in [1.165, 1.54) is 122 Å². The molecule has 0 aliphatic carbocycles. The molecule has 0 amide bonds. The normalized spacial score (nSPS) is 12.2. The molecule has 0 unspecified atom stereocenters. The second-order valence-electron chi connectivity index (χ2n) is 15.1. The van der Waals surface area contributed by atoms with E-state index in [2.05, 4.69) is 193 Å². The summed E-state index contributed by atoms with van der Waals surface area (Å²) in [6.45, 7) is 0. The van der Waals surface area contributed by atoms with Gasteiger partial charge in [-0.05, 0) is 109 Å². The molecule has 0 saturated heterocycles. The fraction of sp³-hybridized carbons (Fsp3) is 0. The van der Waals surface area contributed by atoms with Gasteiger partial charge in [0.25, 0.3) is 0 Å². The summed E-state index contributed by atoms with van der Waals surface area (Å²) in [5.74, 6) is 0. The zero-order chi connectivity index (χ0) is 37.2. The van der Waals surface area contributed by atoms with Gasteiger partial charge in [0.2, 0.25) is 0 Å². The average Bonchev–Trinajstić information content (AvgIpc) is 3.96. The number of rotatable bonds is 3. The monoisotopic (exact) mass is 757 g/mol. The third-order valence-corrected chi connectivity index (χ3v) is 14.4. The first kappa shape index (κ1) is 31.4. The van der Waals surface area contributed by atoms with Crippen molar-refractivity contribution < 1.29 is 0 Å². The second-order valence-corrected chi connectivity index (χ2v) is 17.3. The number of nitrogens with zero attached hydrogens (tertiary/aromatic N) is 1. The molecule has 3 heteroatoms. The van der Waals surface area contributed by atoms with Crippen molar-refractivity contribution in [3.05, 3.63) is 188 Å². The first-order valence-corrected chi connectivity index (χ1v) is 21.1. The molecule has 264 valence electrons. The molecule has 13 aromatic rings. The SMILES string of the molecule is c1ccc2c(c1)sc1cccc(-c3cccc4sc5cccc(-n6c7ccccc7c7cc(-c8ccc9c%10ccccc%10c%10ccccc%10c9c8)ccc76)c5c34)c12. The van der Waals surface area contributed by atoms with Gasteiger partial charge in [-0.3, -0.25) is 0 Å². The topological polar surface area (TPSA) is 4.93 Å². The molecule has 0 radical (unpaired) electrons. The molecule has 0 N–H and O–H groups in total. The Morgan fingerprint density at radius 3 is 1.49 bits per heavy atom. The Bertz CT molecular complexity index is 3780. The van der Waals surface area contributed by atoms with Gasteiger partial charge in [-0.1, -0.05) is 133 Å². The summed E-state index contributed by atoms with van der Waals surface area (Å²) in [5.41, 5.74) is 8.70. The van der Waals surface area contributed by atoms with E-state index in [1.807, 2.05) is 22.7 Å². The van der Waals surface area contributed by atoms with Crippen molar-refractivity contribution in [1.29, 1.82) is 0 Å². The zero-order valence-electron chi connectivity index (χ0n) is 30.7. The third kappa shape index (κ3) is 4.44. The van der Waals surface area contributed by atoms with Crippen molar-refractivity contribution in [2.24, 2.45) is 0 Å². The minimum atomic E-state index is 1.22. The molecule has 10 aromatic carbocycles. The minimum Gasteiger partial charge on any atom is -0.309 e. The van der Waals surface area contributed by atoms with Gasteiger partial charge in [0.1, 0.15) is 0 Å². The Balaban J connectivity index is 1.06. The molecule has 13 rings (SSSR count). The van der Waals surface area contributed by atoms with Crippen LogP contribution in [0.25, 0.3) is 122 Å². The van der Waals surface area contributed by atoms with Crippen LogP contribution in [-0.4, -0.2) is 4.57 Å². The van der Waals surface area contributed by atoms with E-state index in [4.69, 9.17) is 0 Å². The van der Waals surface area contributed by atoms with Crippen LogP contribution in [0.1, 0.15) is 0 Å². The van der Waals surface area contributed by atoms with Crippen LogP contribution in [0.5, 0.6) is 0 Å². The summed E-state index contributed by atoms with van der Waals surface area (Å²) in [6, 6.07) is 70.1. The van der Waals surface area contributed by atoms with E-state index >= 15 is 0 Å². The van der Waals surface area contributed by atoms with Crippen LogP contribution < -0.4 is 0 Å². The predicted octanol–water partition coefficient (Wildman–Crippen LogP) is 16.3. The van der Waals surface area contributed by atoms with E-state index in [-0.39, 0.29) is 0 Å². The molecule has 0 aliphatic rings. The van der Waals surface area contributed by atoms with Gasteiger partial charge in [0.15, 0.2) is 0 Å². The van der Waals surface area contributed by atoms with Crippen molar-refractivity contribution in [1.82, 2.24) is 4.57 Å². The summed E-state index contributed by atoms with van der Waals surface area (Å²) in [6.07, 6.45) is 0. The highest BCUT2D eigenvalue weighted by Crippen LogP contribution is 2.48. The fourth-order valence-corrected chi connectivity index (χ4v) is 12.0. The number of thiophene rings is 2. The number of benzene rings is 10. The highest BCUT2D eigenvalue weighted by molar-refractivity contribution is 7.26. The maximum atomic E-state index is 2.51. The number of fused-ring (bicyclic) bond motifs is 15. The first-order chi connectivity index (χ1) is 28.3. The van der Waals surface area contributed by atoms with Gasteiger partial charge >= 0.3 is 0 Å². The summed E-state index contributed by atoms with van der Waals surface area (Å²) in [7, 11) is 0. The van der Waals surface area contributed by atoms with Gasteiger partial charge in [0, 0.05) is 51.1 Å². The first-order valence-electron chi connectivity index (χ1n) is 19.5. The highest BCUT2D eigenvalue weighted by Gasteiger charge is 2.21. The Hall–Kier alpha value is -6.78. The Labute approximate surface area is 335 Å². The summed E-state index contributed by atoms with van der Waals surface area (Å²) >= 11 is 3.78. The smallest absolute Gasteiger partial charge is 0.0555 e. The molecule has 0 bridgehead atoms. The second kappa shape index (κ2) is 11.9. The van der Waals surface area contributed by atoms with Crippen LogP contribution in [0.4, 0.5) is 0 Å². The lowest BCUT2D eigenvalue weighted by molar-refractivity contribution is 1.20. The Kier molecular flexibility index (Phi) is 6.54. The Morgan fingerprint density at radius 2 is 0.754 bits per heavy atom. The van der Waals surface area contributed by atoms with E-state index in [0.29, 0.717) is 0 Å². The van der Waals surface area contributed by atoms with Crippen LogP contribution in [0.2, 0.25) is 0 Å². The van der Waals surface area contributed by atoms with Crippen LogP contribution in [0, 0.1) is 0 Å². The van der Waals surface area contributed by atoms with Gasteiger partial charge in [-0.15, -0.1) is 22.7 Å². The van der Waals surface area contributed by atoms with E-state index in [0.717, 1.165) is 0 Å². The maximum Gasteiger partial charge on any atom is 0.0555 e. The fourth-order valence-electron chi connectivity index (χ4n) is 9.76. The molecule has 57 heavy (non-hydrogen) atoms. The minimum absolute atomic E-state index is 1.22. The molecular formula is C54H31NS2. The lowest BCUT2D eigenvalue weighted by atomic mass is 9.92.